The summed E-state index contributed by atoms with van der Waals surface area (Å²) in [7, 11) is 0. The fourth-order valence-corrected chi connectivity index (χ4v) is 2.43. The molecule has 0 aliphatic heterocycles. The van der Waals surface area contributed by atoms with Crippen molar-refractivity contribution in [3.05, 3.63) is 66.2 Å². The maximum Gasteiger partial charge on any atom is 0.229 e. The van der Waals surface area contributed by atoms with Crippen LogP contribution in [0.2, 0.25) is 0 Å². The fraction of sp³-hybridized carbons (Fsp3) is 0.150. The first-order valence-electron chi connectivity index (χ1n) is 8.12. The summed E-state index contributed by atoms with van der Waals surface area (Å²) in [4.78, 5) is 9.15. The minimum absolute atomic E-state index is 0.258. The summed E-state index contributed by atoms with van der Waals surface area (Å²) in [5.74, 6) is 1.24. The molecule has 5 heteroatoms. The van der Waals surface area contributed by atoms with Gasteiger partial charge in [-0.25, -0.2) is 4.98 Å². The van der Waals surface area contributed by atoms with Crippen molar-refractivity contribution >= 4 is 17.5 Å². The molecule has 3 aromatic rings. The summed E-state index contributed by atoms with van der Waals surface area (Å²) in [5, 5.41) is 15.6. The Morgan fingerprint density at radius 2 is 1.76 bits per heavy atom. The van der Waals surface area contributed by atoms with Crippen molar-refractivity contribution in [3.63, 3.8) is 0 Å². The topological polar surface area (TPSA) is 73.6 Å². The summed E-state index contributed by atoms with van der Waals surface area (Å²) in [6.45, 7) is 4.13. The van der Waals surface area contributed by atoms with E-state index in [9.17, 15) is 0 Å². The van der Waals surface area contributed by atoms with Gasteiger partial charge in [-0.2, -0.15) is 10.2 Å². The summed E-state index contributed by atoms with van der Waals surface area (Å²) < 4.78 is 0. The standard InChI is InChI=1S/C20H19N5/c1-14(2)22-19-12-18(16-8-4-3-5-9-16)24-20(25-19)23-17-10-6-7-15(11-17)13-21/h3-12,14H,1-2H3,(H2,22,23,24,25). The average molecular weight is 329 g/mol. The molecular weight excluding hydrogens is 310 g/mol. The molecule has 124 valence electrons. The Bertz CT molecular complexity index is 897. The van der Waals surface area contributed by atoms with Crippen LogP contribution in [0.3, 0.4) is 0 Å². The number of hydrogen-bond acceptors (Lipinski definition) is 5. The Morgan fingerprint density at radius 1 is 0.960 bits per heavy atom. The number of hydrogen-bond donors (Lipinski definition) is 2. The number of anilines is 3. The Hall–Kier alpha value is -3.39. The van der Waals surface area contributed by atoms with E-state index >= 15 is 0 Å². The second-order valence-corrected chi connectivity index (χ2v) is 5.94. The zero-order valence-electron chi connectivity index (χ0n) is 14.2. The predicted octanol–water partition coefficient (Wildman–Crippen LogP) is 4.58. The first-order valence-corrected chi connectivity index (χ1v) is 8.12. The maximum atomic E-state index is 9.05. The Morgan fingerprint density at radius 3 is 2.48 bits per heavy atom. The molecule has 2 aromatic carbocycles. The highest BCUT2D eigenvalue weighted by atomic mass is 15.1. The molecule has 0 atom stereocenters. The van der Waals surface area contributed by atoms with Crippen molar-refractivity contribution < 1.29 is 0 Å². The van der Waals surface area contributed by atoms with E-state index in [-0.39, 0.29) is 6.04 Å². The monoisotopic (exact) mass is 329 g/mol. The van der Waals surface area contributed by atoms with Crippen molar-refractivity contribution in [1.82, 2.24) is 9.97 Å². The Balaban J connectivity index is 1.98. The number of nitrogens with zero attached hydrogens (tertiary/aromatic N) is 3. The molecule has 0 saturated heterocycles. The van der Waals surface area contributed by atoms with Crippen LogP contribution in [0.25, 0.3) is 11.3 Å². The van der Waals surface area contributed by atoms with Crippen LogP contribution in [0.15, 0.2) is 60.7 Å². The molecule has 5 nitrogen and oxygen atoms in total. The van der Waals surface area contributed by atoms with Gasteiger partial charge >= 0.3 is 0 Å². The molecule has 3 rings (SSSR count). The number of nitrogens with one attached hydrogen (secondary N) is 2. The number of aromatic nitrogens is 2. The second kappa shape index (κ2) is 7.45. The van der Waals surface area contributed by atoms with E-state index in [1.807, 2.05) is 48.5 Å². The molecule has 0 unspecified atom stereocenters. The predicted molar refractivity (Wildman–Crippen MR) is 101 cm³/mol. The van der Waals surface area contributed by atoms with Gasteiger partial charge in [0, 0.05) is 23.4 Å². The van der Waals surface area contributed by atoms with Gasteiger partial charge in [0.1, 0.15) is 5.82 Å². The highest BCUT2D eigenvalue weighted by Gasteiger charge is 2.08. The second-order valence-electron chi connectivity index (χ2n) is 5.94. The Kier molecular flexibility index (Phi) is 4.91. The normalized spacial score (nSPS) is 10.3. The van der Waals surface area contributed by atoms with Crippen LogP contribution in [0.4, 0.5) is 17.5 Å². The minimum atomic E-state index is 0.258. The first-order chi connectivity index (χ1) is 12.1. The molecule has 0 aliphatic carbocycles. The summed E-state index contributed by atoms with van der Waals surface area (Å²) in [5.41, 5.74) is 3.22. The lowest BCUT2D eigenvalue weighted by Gasteiger charge is -2.13. The molecule has 0 radical (unpaired) electrons. The van der Waals surface area contributed by atoms with Crippen LogP contribution < -0.4 is 10.6 Å². The van der Waals surface area contributed by atoms with Crippen molar-refractivity contribution in [2.45, 2.75) is 19.9 Å². The van der Waals surface area contributed by atoms with Crippen LogP contribution in [0.1, 0.15) is 19.4 Å². The van der Waals surface area contributed by atoms with Crippen LogP contribution >= 0.6 is 0 Å². The van der Waals surface area contributed by atoms with Gasteiger partial charge in [-0.3, -0.25) is 0 Å². The SMILES string of the molecule is CC(C)Nc1cc(-c2ccccc2)nc(Nc2cccc(C#N)c2)n1. The molecular formula is C20H19N5. The Labute approximate surface area is 147 Å². The first kappa shape index (κ1) is 16.5. The van der Waals surface area contributed by atoms with E-state index in [2.05, 4.69) is 40.5 Å². The summed E-state index contributed by atoms with van der Waals surface area (Å²) in [6.07, 6.45) is 0. The third-order valence-electron chi connectivity index (χ3n) is 3.48. The van der Waals surface area contributed by atoms with E-state index in [1.54, 1.807) is 12.1 Å². The van der Waals surface area contributed by atoms with Crippen molar-refractivity contribution in [2.75, 3.05) is 10.6 Å². The molecule has 0 fully saturated rings. The van der Waals surface area contributed by atoms with Crippen LogP contribution in [-0.2, 0) is 0 Å². The van der Waals surface area contributed by atoms with Gasteiger partial charge in [-0.1, -0.05) is 36.4 Å². The van der Waals surface area contributed by atoms with Gasteiger partial charge in [0.15, 0.2) is 0 Å². The molecule has 25 heavy (non-hydrogen) atoms. The molecule has 1 heterocycles. The molecule has 0 saturated carbocycles. The summed E-state index contributed by atoms with van der Waals surface area (Å²) in [6, 6.07) is 21.5. The lowest BCUT2D eigenvalue weighted by Crippen LogP contribution is -2.12. The van der Waals surface area contributed by atoms with Crippen LogP contribution in [-0.4, -0.2) is 16.0 Å². The molecule has 0 spiro atoms. The van der Waals surface area contributed by atoms with Gasteiger partial charge in [0.05, 0.1) is 17.3 Å². The minimum Gasteiger partial charge on any atom is -0.368 e. The van der Waals surface area contributed by atoms with Gasteiger partial charge in [0.25, 0.3) is 0 Å². The molecule has 0 amide bonds. The highest BCUT2D eigenvalue weighted by Crippen LogP contribution is 2.23. The number of nitriles is 1. The van der Waals surface area contributed by atoms with Gasteiger partial charge < -0.3 is 10.6 Å². The maximum absolute atomic E-state index is 9.05. The van der Waals surface area contributed by atoms with Crippen LogP contribution in [0, 0.1) is 11.3 Å². The van der Waals surface area contributed by atoms with E-state index < -0.39 is 0 Å². The zero-order valence-corrected chi connectivity index (χ0v) is 14.2. The van der Waals surface area contributed by atoms with Gasteiger partial charge in [0.2, 0.25) is 5.95 Å². The van der Waals surface area contributed by atoms with Crippen molar-refractivity contribution in [1.29, 1.82) is 5.26 Å². The van der Waals surface area contributed by atoms with Crippen LogP contribution in [0.5, 0.6) is 0 Å². The smallest absolute Gasteiger partial charge is 0.229 e. The third-order valence-corrected chi connectivity index (χ3v) is 3.48. The van der Waals surface area contributed by atoms with Gasteiger partial charge in [-0.05, 0) is 32.0 Å². The average Bonchev–Trinajstić information content (AvgIpc) is 2.62. The van der Waals surface area contributed by atoms with E-state index in [4.69, 9.17) is 5.26 Å². The summed E-state index contributed by atoms with van der Waals surface area (Å²) >= 11 is 0. The molecule has 0 bridgehead atoms. The highest BCUT2D eigenvalue weighted by molar-refractivity contribution is 5.66. The quantitative estimate of drug-likeness (QED) is 0.717. The lowest BCUT2D eigenvalue weighted by molar-refractivity contribution is 0.887. The van der Waals surface area contributed by atoms with Crippen molar-refractivity contribution in [3.8, 4) is 17.3 Å². The largest absolute Gasteiger partial charge is 0.368 e. The van der Waals surface area contributed by atoms with E-state index in [0.29, 0.717) is 11.5 Å². The number of rotatable bonds is 5. The lowest BCUT2D eigenvalue weighted by atomic mass is 10.1. The van der Waals surface area contributed by atoms with E-state index in [1.165, 1.54) is 0 Å². The van der Waals surface area contributed by atoms with Crippen molar-refractivity contribution in [2.24, 2.45) is 0 Å². The third kappa shape index (κ3) is 4.33. The molecule has 1 aromatic heterocycles. The number of benzene rings is 2. The zero-order chi connectivity index (χ0) is 17.6. The fourth-order valence-electron chi connectivity index (χ4n) is 2.43. The van der Waals surface area contributed by atoms with E-state index in [0.717, 1.165) is 22.8 Å². The molecule has 0 aliphatic rings. The molecule has 2 N–H and O–H groups in total. The van der Waals surface area contributed by atoms with Gasteiger partial charge in [-0.15, -0.1) is 0 Å².